The molecule has 148 valence electrons. The molecule has 0 fully saturated rings. The molecule has 0 amide bonds. The highest BCUT2D eigenvalue weighted by molar-refractivity contribution is 9.10. The summed E-state index contributed by atoms with van der Waals surface area (Å²) in [6, 6.07) is 23.5. The first-order chi connectivity index (χ1) is 14.7. The average Bonchev–Trinajstić information content (AvgIpc) is 2.77. The highest BCUT2D eigenvalue weighted by atomic mass is 79.9. The van der Waals surface area contributed by atoms with E-state index in [1.165, 1.54) is 0 Å². The number of anilines is 2. The second-order valence-electron chi connectivity index (χ2n) is 6.29. The lowest BCUT2D eigenvalue weighted by Gasteiger charge is -2.08. The number of rotatable bonds is 6. The van der Waals surface area contributed by atoms with Crippen LogP contribution >= 0.6 is 31.9 Å². The van der Waals surface area contributed by atoms with Gasteiger partial charge in [0.05, 0.1) is 12.4 Å². The molecular formula is C22H16Br2N6. The summed E-state index contributed by atoms with van der Waals surface area (Å²) in [6.07, 6.45) is 3.47. The number of nitrogens with zero attached hydrogens (tertiary/aromatic N) is 4. The molecule has 0 aliphatic carbocycles. The van der Waals surface area contributed by atoms with Gasteiger partial charge < -0.3 is 0 Å². The standard InChI is InChI=1S/C22H16Br2N6/c23-17-9-5-15(6-10-17)13-25-27-21-19-3-1-2-4-20(19)22(30-29-21)28-26-14-16-7-11-18(24)12-8-16/h1-14H,(H,27,29)(H,28,30)/b25-13-,26-14-. The predicted octanol–water partition coefficient (Wildman–Crippen LogP) is 6.05. The van der Waals surface area contributed by atoms with Crippen LogP contribution in [-0.2, 0) is 0 Å². The normalized spacial score (nSPS) is 11.4. The molecule has 0 radical (unpaired) electrons. The zero-order valence-corrected chi connectivity index (χ0v) is 18.8. The van der Waals surface area contributed by atoms with Gasteiger partial charge in [0, 0.05) is 19.7 Å². The number of hydrazone groups is 2. The van der Waals surface area contributed by atoms with Crippen LogP contribution in [0, 0.1) is 0 Å². The third-order valence-electron chi connectivity index (χ3n) is 4.20. The highest BCUT2D eigenvalue weighted by Gasteiger charge is 2.07. The lowest BCUT2D eigenvalue weighted by atomic mass is 10.2. The summed E-state index contributed by atoms with van der Waals surface area (Å²) in [4.78, 5) is 0. The van der Waals surface area contributed by atoms with Gasteiger partial charge in [-0.25, -0.2) is 0 Å². The quantitative estimate of drug-likeness (QED) is 0.238. The van der Waals surface area contributed by atoms with E-state index in [0.29, 0.717) is 11.6 Å². The summed E-state index contributed by atoms with van der Waals surface area (Å²) in [5.74, 6) is 1.14. The Bertz CT molecular complexity index is 1110. The molecule has 0 spiro atoms. The van der Waals surface area contributed by atoms with Crippen molar-refractivity contribution in [2.45, 2.75) is 0 Å². The van der Waals surface area contributed by atoms with Crippen molar-refractivity contribution in [1.29, 1.82) is 0 Å². The maximum Gasteiger partial charge on any atom is 0.176 e. The van der Waals surface area contributed by atoms with Crippen LogP contribution in [-0.4, -0.2) is 22.6 Å². The van der Waals surface area contributed by atoms with E-state index in [1.807, 2.05) is 72.8 Å². The predicted molar refractivity (Wildman–Crippen MR) is 130 cm³/mol. The van der Waals surface area contributed by atoms with Crippen molar-refractivity contribution in [2.24, 2.45) is 10.2 Å². The van der Waals surface area contributed by atoms with Gasteiger partial charge in [-0.1, -0.05) is 80.4 Å². The van der Waals surface area contributed by atoms with Crippen molar-refractivity contribution in [3.05, 3.63) is 92.9 Å². The van der Waals surface area contributed by atoms with Crippen LogP contribution in [0.3, 0.4) is 0 Å². The van der Waals surface area contributed by atoms with E-state index in [0.717, 1.165) is 30.8 Å². The van der Waals surface area contributed by atoms with Crippen LogP contribution in [0.4, 0.5) is 11.6 Å². The number of aromatic nitrogens is 2. The van der Waals surface area contributed by atoms with Crippen LogP contribution in [0.15, 0.2) is 91.9 Å². The van der Waals surface area contributed by atoms with Crippen molar-refractivity contribution in [3.8, 4) is 0 Å². The average molecular weight is 524 g/mol. The molecule has 8 heteroatoms. The van der Waals surface area contributed by atoms with Gasteiger partial charge in [0.2, 0.25) is 0 Å². The minimum Gasteiger partial charge on any atom is -0.259 e. The fraction of sp³-hybridized carbons (Fsp3) is 0. The summed E-state index contributed by atoms with van der Waals surface area (Å²) in [5, 5.41) is 18.9. The van der Waals surface area contributed by atoms with Gasteiger partial charge in [-0.3, -0.25) is 10.9 Å². The molecule has 0 bridgehead atoms. The van der Waals surface area contributed by atoms with Crippen molar-refractivity contribution < 1.29 is 0 Å². The molecule has 30 heavy (non-hydrogen) atoms. The minimum absolute atomic E-state index is 0.571. The van der Waals surface area contributed by atoms with E-state index in [4.69, 9.17) is 0 Å². The molecule has 0 saturated heterocycles. The third kappa shape index (κ3) is 5.08. The number of fused-ring (bicyclic) bond motifs is 1. The van der Waals surface area contributed by atoms with Gasteiger partial charge in [-0.05, 0) is 35.4 Å². The highest BCUT2D eigenvalue weighted by Crippen LogP contribution is 2.26. The van der Waals surface area contributed by atoms with E-state index in [2.05, 4.69) is 63.1 Å². The van der Waals surface area contributed by atoms with Crippen LogP contribution in [0.1, 0.15) is 11.1 Å². The molecule has 1 aromatic heterocycles. The molecule has 4 rings (SSSR count). The largest absolute Gasteiger partial charge is 0.259 e. The fourth-order valence-electron chi connectivity index (χ4n) is 2.70. The summed E-state index contributed by atoms with van der Waals surface area (Å²) >= 11 is 6.84. The van der Waals surface area contributed by atoms with Crippen LogP contribution in [0.2, 0.25) is 0 Å². The topological polar surface area (TPSA) is 74.6 Å². The van der Waals surface area contributed by atoms with E-state index >= 15 is 0 Å². The smallest absolute Gasteiger partial charge is 0.176 e. The molecule has 0 saturated carbocycles. The second kappa shape index (κ2) is 9.60. The van der Waals surface area contributed by atoms with E-state index in [1.54, 1.807) is 12.4 Å². The van der Waals surface area contributed by atoms with Crippen molar-refractivity contribution in [2.75, 3.05) is 10.9 Å². The number of hydrogen-bond acceptors (Lipinski definition) is 6. The van der Waals surface area contributed by atoms with Gasteiger partial charge >= 0.3 is 0 Å². The van der Waals surface area contributed by atoms with Gasteiger partial charge in [0.15, 0.2) is 11.6 Å². The van der Waals surface area contributed by atoms with E-state index in [9.17, 15) is 0 Å². The van der Waals surface area contributed by atoms with Crippen molar-refractivity contribution in [1.82, 2.24) is 10.2 Å². The Kier molecular flexibility index (Phi) is 6.46. The molecule has 3 aromatic carbocycles. The Balaban J connectivity index is 1.52. The SMILES string of the molecule is Brc1ccc(/C=N\Nc2nnc(N/N=C\c3ccc(Br)cc3)c3ccccc23)cc1. The first kappa shape index (κ1) is 20.2. The van der Waals surface area contributed by atoms with Crippen LogP contribution in [0.5, 0.6) is 0 Å². The van der Waals surface area contributed by atoms with Crippen LogP contribution < -0.4 is 10.9 Å². The zero-order chi connectivity index (χ0) is 20.8. The molecule has 4 aromatic rings. The first-order valence-corrected chi connectivity index (χ1v) is 10.6. The Labute approximate surface area is 190 Å². The molecule has 0 unspecified atom stereocenters. The molecule has 0 atom stereocenters. The Hall–Kier alpha value is -3.10. The second-order valence-corrected chi connectivity index (χ2v) is 8.12. The lowest BCUT2D eigenvalue weighted by molar-refractivity contribution is 1.03. The fourth-order valence-corrected chi connectivity index (χ4v) is 3.23. The summed E-state index contributed by atoms with van der Waals surface area (Å²) in [6.45, 7) is 0. The summed E-state index contributed by atoms with van der Waals surface area (Å²) in [5.41, 5.74) is 7.91. The van der Waals surface area contributed by atoms with Crippen LogP contribution in [0.25, 0.3) is 10.8 Å². The maximum atomic E-state index is 4.28. The third-order valence-corrected chi connectivity index (χ3v) is 5.25. The molecule has 2 N–H and O–H groups in total. The lowest BCUT2D eigenvalue weighted by Crippen LogP contribution is -2.01. The van der Waals surface area contributed by atoms with E-state index < -0.39 is 0 Å². The summed E-state index contributed by atoms with van der Waals surface area (Å²) in [7, 11) is 0. The number of halogens is 2. The van der Waals surface area contributed by atoms with Crippen molar-refractivity contribution in [3.63, 3.8) is 0 Å². The first-order valence-electron chi connectivity index (χ1n) is 9.04. The minimum atomic E-state index is 0.571. The monoisotopic (exact) mass is 522 g/mol. The number of hydrogen-bond donors (Lipinski definition) is 2. The van der Waals surface area contributed by atoms with Gasteiger partial charge in [-0.15, -0.1) is 10.2 Å². The molecule has 1 heterocycles. The Morgan fingerprint density at radius 2 is 1.00 bits per heavy atom. The molecule has 0 aliphatic rings. The summed E-state index contributed by atoms with van der Waals surface area (Å²) < 4.78 is 2.05. The number of benzene rings is 3. The molecule has 0 aliphatic heterocycles. The Morgan fingerprint density at radius 1 is 0.600 bits per heavy atom. The van der Waals surface area contributed by atoms with Gasteiger partial charge in [0.1, 0.15) is 0 Å². The molecule has 6 nitrogen and oxygen atoms in total. The van der Waals surface area contributed by atoms with E-state index in [-0.39, 0.29) is 0 Å². The van der Waals surface area contributed by atoms with Gasteiger partial charge in [-0.2, -0.15) is 10.2 Å². The maximum absolute atomic E-state index is 4.28. The number of nitrogens with one attached hydrogen (secondary N) is 2. The van der Waals surface area contributed by atoms with Gasteiger partial charge in [0.25, 0.3) is 0 Å². The van der Waals surface area contributed by atoms with Crippen molar-refractivity contribution >= 4 is 66.7 Å². The molecular weight excluding hydrogens is 508 g/mol. The Morgan fingerprint density at radius 3 is 1.40 bits per heavy atom. The zero-order valence-electron chi connectivity index (χ0n) is 15.6.